The van der Waals surface area contributed by atoms with Crippen LogP contribution in [0.4, 0.5) is 10.5 Å². The number of imide groups is 2. The number of nitrogens with one attached hydrogen (secondary N) is 1. The summed E-state index contributed by atoms with van der Waals surface area (Å²) < 4.78 is 11.5. The maximum Gasteiger partial charge on any atom is 0.343 e. The molecular weight excluding hydrogens is 536 g/mol. The van der Waals surface area contributed by atoms with E-state index in [9.17, 15) is 19.2 Å². The molecule has 0 unspecified atom stereocenters. The van der Waals surface area contributed by atoms with Crippen LogP contribution in [-0.2, 0) is 19.1 Å². The molecule has 1 N–H and O–H groups in total. The van der Waals surface area contributed by atoms with Gasteiger partial charge in [-0.15, -0.1) is 0 Å². The Balaban J connectivity index is 2.01. The maximum atomic E-state index is 13.1. The fourth-order valence-electron chi connectivity index (χ4n) is 2.77. The third kappa shape index (κ3) is 5.02. The molecule has 0 bridgehead atoms. The van der Waals surface area contributed by atoms with Gasteiger partial charge in [-0.3, -0.25) is 14.9 Å². The van der Waals surface area contributed by atoms with Crippen LogP contribution in [0.25, 0.3) is 6.08 Å². The molecule has 1 aliphatic rings. The van der Waals surface area contributed by atoms with Crippen molar-refractivity contribution in [3.8, 4) is 5.75 Å². The fraction of sp³-hybridized carbons (Fsp3) is 0.143. The van der Waals surface area contributed by atoms with E-state index < -0.39 is 23.8 Å². The summed E-state index contributed by atoms with van der Waals surface area (Å²) in [6.07, 6.45) is 1.31. The zero-order chi connectivity index (χ0) is 22.7. The van der Waals surface area contributed by atoms with Crippen molar-refractivity contribution in [1.29, 1.82) is 0 Å². The molecule has 0 spiro atoms. The van der Waals surface area contributed by atoms with E-state index in [1.165, 1.54) is 13.2 Å². The number of methoxy groups -OCH3 is 1. The number of carbonyl (C=O) groups is 4. The number of hydrogen-bond donors (Lipinski definition) is 1. The number of urea groups is 1. The van der Waals surface area contributed by atoms with Gasteiger partial charge >= 0.3 is 12.0 Å². The number of carbonyl (C=O) groups excluding carboxylic acids is 4. The summed E-state index contributed by atoms with van der Waals surface area (Å²) in [7, 11) is 1.23. The van der Waals surface area contributed by atoms with Crippen molar-refractivity contribution in [2.45, 2.75) is 6.92 Å². The van der Waals surface area contributed by atoms with E-state index >= 15 is 0 Å². The minimum absolute atomic E-state index is 0.254. The summed E-state index contributed by atoms with van der Waals surface area (Å²) in [4.78, 5) is 50.2. The van der Waals surface area contributed by atoms with Gasteiger partial charge in [0.05, 0.1) is 12.8 Å². The summed E-state index contributed by atoms with van der Waals surface area (Å²) >= 11 is 6.70. The number of halogens is 2. The Labute approximate surface area is 194 Å². The lowest BCUT2D eigenvalue weighted by Gasteiger charge is -2.27. The summed E-state index contributed by atoms with van der Waals surface area (Å²) in [5.74, 6) is -1.95. The van der Waals surface area contributed by atoms with Crippen LogP contribution in [0.3, 0.4) is 0 Å². The van der Waals surface area contributed by atoms with Crippen molar-refractivity contribution in [3.05, 3.63) is 62.0 Å². The molecule has 0 radical (unpaired) electrons. The number of aryl methyl sites for hydroxylation is 1. The van der Waals surface area contributed by atoms with Gasteiger partial charge in [-0.1, -0.05) is 31.9 Å². The Morgan fingerprint density at radius 2 is 1.87 bits per heavy atom. The van der Waals surface area contributed by atoms with E-state index in [4.69, 9.17) is 4.74 Å². The molecule has 1 aliphatic heterocycles. The van der Waals surface area contributed by atoms with Gasteiger partial charge in [-0.2, -0.15) is 0 Å². The van der Waals surface area contributed by atoms with Crippen LogP contribution in [0, 0.1) is 6.92 Å². The van der Waals surface area contributed by atoms with Crippen LogP contribution < -0.4 is 15.0 Å². The van der Waals surface area contributed by atoms with Gasteiger partial charge in [0.1, 0.15) is 11.3 Å². The largest absolute Gasteiger partial charge is 0.481 e. The van der Waals surface area contributed by atoms with Crippen molar-refractivity contribution >= 4 is 67.4 Å². The Morgan fingerprint density at radius 3 is 2.55 bits per heavy atom. The molecule has 160 valence electrons. The highest BCUT2D eigenvalue weighted by atomic mass is 79.9. The molecular formula is C21H16Br2N2O6. The molecule has 1 saturated heterocycles. The van der Waals surface area contributed by atoms with Crippen LogP contribution in [0.2, 0.25) is 0 Å². The number of nitrogens with zero attached hydrogens (tertiary/aromatic N) is 1. The van der Waals surface area contributed by atoms with Gasteiger partial charge in [0.15, 0.2) is 6.61 Å². The monoisotopic (exact) mass is 550 g/mol. The minimum Gasteiger partial charge on any atom is -0.481 e. The molecule has 2 aromatic carbocycles. The molecule has 3 rings (SSSR count). The molecule has 1 heterocycles. The number of esters is 1. The third-order valence-corrected chi connectivity index (χ3v) is 5.73. The first kappa shape index (κ1) is 22.7. The van der Waals surface area contributed by atoms with Gasteiger partial charge in [0.2, 0.25) is 0 Å². The molecule has 4 amide bonds. The molecule has 8 nitrogen and oxygen atoms in total. The number of amides is 4. The quantitative estimate of drug-likeness (QED) is 0.345. The summed E-state index contributed by atoms with van der Waals surface area (Å²) in [5, 5.41) is 2.18. The highest BCUT2D eigenvalue weighted by Crippen LogP contribution is 2.29. The Morgan fingerprint density at radius 1 is 1.13 bits per heavy atom. The van der Waals surface area contributed by atoms with Gasteiger partial charge < -0.3 is 9.47 Å². The Hall–Kier alpha value is -2.98. The molecule has 0 saturated carbocycles. The number of benzene rings is 2. The Bertz CT molecular complexity index is 1130. The van der Waals surface area contributed by atoms with Gasteiger partial charge in [-0.05, 0) is 55.0 Å². The highest BCUT2D eigenvalue weighted by Gasteiger charge is 2.37. The zero-order valence-electron chi connectivity index (χ0n) is 16.4. The van der Waals surface area contributed by atoms with E-state index in [1.807, 2.05) is 6.92 Å². The zero-order valence-corrected chi connectivity index (χ0v) is 19.6. The number of ether oxygens (including phenoxy) is 2. The smallest absolute Gasteiger partial charge is 0.343 e. The van der Waals surface area contributed by atoms with Gasteiger partial charge in [0.25, 0.3) is 11.8 Å². The normalized spacial score (nSPS) is 15.2. The van der Waals surface area contributed by atoms with Gasteiger partial charge in [-0.25, -0.2) is 14.5 Å². The molecule has 0 aliphatic carbocycles. The number of hydrogen-bond acceptors (Lipinski definition) is 6. The molecule has 10 heteroatoms. The molecule has 2 aromatic rings. The standard InChI is InChI=1S/C21H16Br2N2O6/c1-11-7-14(4-5-16(11)23)25-20(28)15(19(27)24-21(25)29)9-12-8-13(22)3-6-17(12)31-10-18(26)30-2/h3-9H,10H2,1-2H3,(H,24,27,29)/b15-9+. The fourth-order valence-corrected chi connectivity index (χ4v) is 3.40. The summed E-state index contributed by atoms with van der Waals surface area (Å²) in [6, 6.07) is 8.97. The second-order valence-electron chi connectivity index (χ2n) is 6.44. The van der Waals surface area contributed by atoms with Crippen molar-refractivity contribution < 1.29 is 28.7 Å². The van der Waals surface area contributed by atoms with E-state index in [2.05, 4.69) is 41.9 Å². The predicted octanol–water partition coefficient (Wildman–Crippen LogP) is 3.74. The van der Waals surface area contributed by atoms with E-state index in [-0.39, 0.29) is 17.9 Å². The lowest BCUT2D eigenvalue weighted by atomic mass is 10.1. The van der Waals surface area contributed by atoms with Crippen LogP contribution >= 0.6 is 31.9 Å². The predicted molar refractivity (Wildman–Crippen MR) is 120 cm³/mol. The first-order valence-electron chi connectivity index (χ1n) is 8.88. The highest BCUT2D eigenvalue weighted by molar-refractivity contribution is 9.10. The van der Waals surface area contributed by atoms with Crippen molar-refractivity contribution in [1.82, 2.24) is 5.32 Å². The van der Waals surface area contributed by atoms with Crippen molar-refractivity contribution in [2.24, 2.45) is 0 Å². The molecule has 1 fully saturated rings. The number of rotatable bonds is 5. The minimum atomic E-state index is -0.842. The lowest BCUT2D eigenvalue weighted by molar-refractivity contribution is -0.143. The van der Waals surface area contributed by atoms with Crippen LogP contribution in [0.5, 0.6) is 5.75 Å². The lowest BCUT2D eigenvalue weighted by Crippen LogP contribution is -2.54. The van der Waals surface area contributed by atoms with E-state index in [0.717, 1.165) is 14.9 Å². The average Bonchev–Trinajstić information content (AvgIpc) is 2.72. The second-order valence-corrected chi connectivity index (χ2v) is 8.21. The van der Waals surface area contributed by atoms with Crippen molar-refractivity contribution in [2.75, 3.05) is 18.6 Å². The SMILES string of the molecule is COC(=O)COc1ccc(Br)cc1/C=C1\C(=O)NC(=O)N(c2ccc(Br)c(C)c2)C1=O. The van der Waals surface area contributed by atoms with E-state index in [0.29, 0.717) is 15.7 Å². The van der Waals surface area contributed by atoms with Crippen LogP contribution in [0.1, 0.15) is 11.1 Å². The topological polar surface area (TPSA) is 102 Å². The van der Waals surface area contributed by atoms with Gasteiger partial charge in [0, 0.05) is 14.5 Å². The summed E-state index contributed by atoms with van der Waals surface area (Å²) in [5.41, 5.74) is 1.23. The second kappa shape index (κ2) is 9.44. The van der Waals surface area contributed by atoms with Crippen LogP contribution in [-0.4, -0.2) is 37.5 Å². The first-order chi connectivity index (χ1) is 14.7. The number of anilines is 1. The van der Waals surface area contributed by atoms with Crippen molar-refractivity contribution in [3.63, 3.8) is 0 Å². The first-order valence-corrected chi connectivity index (χ1v) is 10.5. The maximum absolute atomic E-state index is 13.1. The molecule has 0 aromatic heterocycles. The Kier molecular flexibility index (Phi) is 6.91. The summed E-state index contributed by atoms with van der Waals surface area (Å²) in [6.45, 7) is 1.46. The third-order valence-electron chi connectivity index (χ3n) is 4.35. The molecule has 31 heavy (non-hydrogen) atoms. The molecule has 0 atom stereocenters. The number of barbiturate groups is 1. The van der Waals surface area contributed by atoms with Crippen LogP contribution in [0.15, 0.2) is 50.9 Å². The van der Waals surface area contributed by atoms with E-state index in [1.54, 1.807) is 36.4 Å². The average molecular weight is 552 g/mol.